The van der Waals surface area contributed by atoms with Gasteiger partial charge in [-0.3, -0.25) is 0 Å². The van der Waals surface area contributed by atoms with Gasteiger partial charge in [0.05, 0.1) is 22.8 Å². The first kappa shape index (κ1) is 50.7. The quantitative estimate of drug-likeness (QED) is 0.120. The van der Waals surface area contributed by atoms with Crippen LogP contribution in [0.5, 0.6) is 0 Å². The maximum Gasteiger partial charge on any atom is 0.118 e. The smallest absolute Gasteiger partial charge is 0.118 e. The van der Waals surface area contributed by atoms with Crippen molar-refractivity contribution in [3.05, 3.63) is 265 Å². The molecule has 2 aliphatic heterocycles. The van der Waals surface area contributed by atoms with Gasteiger partial charge >= 0.3 is 0 Å². The fourth-order valence-corrected chi connectivity index (χ4v) is 18.2. The topological polar surface area (TPSA) is 57.4 Å². The molecular formula is C72H58N4Si4. The molecule has 11 aromatic rings. The number of benzene rings is 8. The lowest BCUT2D eigenvalue weighted by molar-refractivity contribution is 1.31. The first-order valence-corrected chi connectivity index (χ1v) is 35.5. The third-order valence-electron chi connectivity index (χ3n) is 16.0. The molecule has 5 heterocycles. The van der Waals surface area contributed by atoms with Crippen molar-refractivity contribution in [1.82, 2.24) is 19.9 Å². The highest BCUT2D eigenvalue weighted by Crippen LogP contribution is 2.38. The van der Waals surface area contributed by atoms with Gasteiger partial charge in [-0.2, -0.15) is 0 Å². The molecule has 0 unspecified atom stereocenters. The van der Waals surface area contributed by atoms with Crippen molar-refractivity contribution in [1.29, 1.82) is 0 Å². The molecule has 8 heteroatoms. The maximum absolute atomic E-state index is 5.68. The molecule has 0 atom stereocenters. The molecule has 382 valence electrons. The van der Waals surface area contributed by atoms with Crippen molar-refractivity contribution in [3.8, 4) is 44.5 Å². The Morgan fingerprint density at radius 1 is 0.225 bits per heavy atom. The van der Waals surface area contributed by atoms with Crippen LogP contribution >= 0.6 is 0 Å². The molecule has 8 aromatic carbocycles. The molecule has 4 nitrogen and oxygen atoms in total. The number of aromatic nitrogens is 4. The Hall–Kier alpha value is -8.77. The molecule has 3 aromatic heterocycles. The van der Waals surface area contributed by atoms with E-state index in [1.807, 2.05) is 0 Å². The van der Waals surface area contributed by atoms with Crippen LogP contribution in [0.1, 0.15) is 22.8 Å². The Bertz CT molecular complexity index is 3700. The van der Waals surface area contributed by atoms with Gasteiger partial charge < -0.3 is 9.97 Å². The van der Waals surface area contributed by atoms with E-state index in [0.717, 1.165) is 89.4 Å². The number of rotatable bonds is 12. The van der Waals surface area contributed by atoms with E-state index in [-0.39, 0.29) is 0 Å². The van der Waals surface area contributed by atoms with E-state index in [0.29, 0.717) is 0 Å². The summed E-state index contributed by atoms with van der Waals surface area (Å²) in [5.74, 6) is 0. The molecule has 0 saturated carbocycles. The lowest BCUT2D eigenvalue weighted by atomic mass is 10.0. The molecule has 4 radical (unpaired) electrons. The summed E-state index contributed by atoms with van der Waals surface area (Å²) in [4.78, 5) is 19.4. The summed E-state index contributed by atoms with van der Waals surface area (Å²) >= 11 is 0. The third-order valence-corrected chi connectivity index (χ3v) is 25.6. The molecule has 2 N–H and O–H groups in total. The average molecular weight is 1090 g/mol. The molecule has 2 aliphatic rings. The zero-order valence-corrected chi connectivity index (χ0v) is 49.3. The molecule has 80 heavy (non-hydrogen) atoms. The average Bonchev–Trinajstić information content (AvgIpc) is 4.43. The van der Waals surface area contributed by atoms with Crippen LogP contribution in [0.4, 0.5) is 0 Å². The fourth-order valence-electron chi connectivity index (χ4n) is 11.4. The molecule has 0 saturated heterocycles. The summed E-state index contributed by atoms with van der Waals surface area (Å²) in [5, 5.41) is 11.0. The standard InChI is InChI=1S/C72H58N4Si4/c1-77(53-17-9-5-10-18-53)57-33-25-49(26-34-57)69-61-41-43-63(73-61)70(50-27-35-58(36-28-50)78(2)54-19-11-6-12-20-54)65-45-47-67(75-65)72(52-31-39-60(40-32-52)80(4)56-23-15-8-16-24-56)68-48-46-66(76-68)71(64-44-42-62(69)74-64)51-29-37-59(38-30-51)79(3)55-21-13-7-14-22-55/h5-48,73,76H,1-4H3. The maximum atomic E-state index is 5.68. The minimum Gasteiger partial charge on any atom is -0.354 e. The molecular weight excluding hydrogens is 1030 g/mol. The van der Waals surface area contributed by atoms with Crippen LogP contribution < -0.4 is 41.5 Å². The molecule has 8 bridgehead atoms. The van der Waals surface area contributed by atoms with Gasteiger partial charge in [0.15, 0.2) is 0 Å². The van der Waals surface area contributed by atoms with Crippen molar-refractivity contribution in [2.75, 3.05) is 0 Å². The lowest BCUT2D eigenvalue weighted by Gasteiger charge is -2.13. The number of nitrogens with one attached hydrogen (secondary N) is 2. The van der Waals surface area contributed by atoms with Crippen molar-refractivity contribution < 1.29 is 0 Å². The molecule has 0 spiro atoms. The van der Waals surface area contributed by atoms with E-state index >= 15 is 0 Å². The Balaban J connectivity index is 1.05. The molecule has 0 aliphatic carbocycles. The van der Waals surface area contributed by atoms with E-state index in [1.165, 1.54) is 41.5 Å². The first-order valence-electron chi connectivity index (χ1n) is 27.5. The number of hydrogen-bond donors (Lipinski definition) is 2. The third kappa shape index (κ3) is 10.0. The van der Waals surface area contributed by atoms with Gasteiger partial charge in [-0.25, -0.2) is 9.97 Å². The van der Waals surface area contributed by atoms with Crippen molar-refractivity contribution in [3.63, 3.8) is 0 Å². The number of hydrogen-bond acceptors (Lipinski definition) is 2. The monoisotopic (exact) mass is 1090 g/mol. The molecule has 13 rings (SSSR count). The Morgan fingerprint density at radius 2 is 0.412 bits per heavy atom. The van der Waals surface area contributed by atoms with E-state index in [9.17, 15) is 0 Å². The van der Waals surface area contributed by atoms with Gasteiger partial charge in [0.2, 0.25) is 0 Å². The SMILES string of the molecule is C[Si](c1ccccc1)c1ccc(-c2c3nc(c(-c4ccc([Si](C)c5ccccc5)cc4)c4ccc([nH]4)c(-c4ccc([Si](C)c5ccccc5)cc4)c4nc(c(-c5ccc([Si](C)c6ccccc6)cc5)c5ccc2[nH]5)C=C4)C=C3)cc1. The first-order chi connectivity index (χ1) is 39.3. The van der Waals surface area contributed by atoms with Crippen LogP contribution in [0.25, 0.3) is 90.9 Å². The molecule has 0 amide bonds. The summed E-state index contributed by atoms with van der Waals surface area (Å²) in [6, 6.07) is 89.6. The Morgan fingerprint density at radius 3 is 0.613 bits per heavy atom. The van der Waals surface area contributed by atoms with Crippen LogP contribution in [0.3, 0.4) is 0 Å². The number of nitrogens with zero attached hydrogens (tertiary/aromatic N) is 2. The van der Waals surface area contributed by atoms with Crippen LogP contribution in [0.15, 0.2) is 243 Å². The zero-order chi connectivity index (χ0) is 54.1. The highest BCUT2D eigenvalue weighted by atomic mass is 28.3. The molecule has 0 fully saturated rings. The minimum atomic E-state index is -0.971. The summed E-state index contributed by atoms with van der Waals surface area (Å²) in [7, 11) is -3.88. The fraction of sp³-hybridized carbons (Fsp3) is 0.0556. The summed E-state index contributed by atoms with van der Waals surface area (Å²) in [5.41, 5.74) is 16.2. The lowest BCUT2D eigenvalue weighted by Crippen LogP contribution is -2.38. The number of fused-ring (bicyclic) bond motifs is 8. The summed E-state index contributed by atoms with van der Waals surface area (Å²) in [6.07, 6.45) is 8.83. The van der Waals surface area contributed by atoms with Crippen LogP contribution in [-0.2, 0) is 0 Å². The second-order valence-corrected chi connectivity index (χ2v) is 30.4. The second-order valence-electron chi connectivity index (χ2n) is 20.8. The predicted octanol–water partition coefficient (Wildman–Crippen LogP) is 12.3. The van der Waals surface area contributed by atoms with Gasteiger partial charge in [0.25, 0.3) is 0 Å². The Labute approximate surface area is 476 Å². The minimum absolute atomic E-state index is 0.903. The van der Waals surface area contributed by atoms with Crippen molar-refractivity contribution >= 4 is 123 Å². The van der Waals surface area contributed by atoms with Gasteiger partial charge in [-0.05, 0) is 70.8 Å². The van der Waals surface area contributed by atoms with Crippen molar-refractivity contribution in [2.45, 2.75) is 26.2 Å². The zero-order valence-electron chi connectivity index (χ0n) is 45.3. The normalized spacial score (nSPS) is 12.1. The van der Waals surface area contributed by atoms with Crippen LogP contribution in [-0.4, -0.2) is 55.1 Å². The Kier molecular flexibility index (Phi) is 14.1. The van der Waals surface area contributed by atoms with Gasteiger partial charge in [-0.1, -0.05) is 286 Å². The highest BCUT2D eigenvalue weighted by molar-refractivity contribution is 6.85. The largest absolute Gasteiger partial charge is 0.354 e. The van der Waals surface area contributed by atoms with Gasteiger partial charge in [0, 0.05) is 44.3 Å². The van der Waals surface area contributed by atoms with E-state index in [1.54, 1.807) is 0 Å². The van der Waals surface area contributed by atoms with Crippen LogP contribution in [0, 0.1) is 0 Å². The van der Waals surface area contributed by atoms with Crippen molar-refractivity contribution in [2.24, 2.45) is 0 Å². The second kappa shape index (κ2) is 22.2. The number of aromatic amines is 2. The van der Waals surface area contributed by atoms with E-state index in [2.05, 4.69) is 303 Å². The summed E-state index contributed by atoms with van der Waals surface area (Å²) in [6.45, 7) is 9.55. The van der Waals surface area contributed by atoms with Crippen LogP contribution in [0.2, 0.25) is 26.2 Å². The highest BCUT2D eigenvalue weighted by Gasteiger charge is 2.22. The van der Waals surface area contributed by atoms with Gasteiger partial charge in [-0.15, -0.1) is 0 Å². The number of H-pyrrole nitrogens is 2. The van der Waals surface area contributed by atoms with Gasteiger partial charge in [0.1, 0.15) is 35.2 Å². The summed E-state index contributed by atoms with van der Waals surface area (Å²) < 4.78 is 0. The van der Waals surface area contributed by atoms with E-state index < -0.39 is 35.2 Å². The predicted molar refractivity (Wildman–Crippen MR) is 350 cm³/mol. The van der Waals surface area contributed by atoms with E-state index in [4.69, 9.17) is 9.97 Å².